The number of nitriles is 1. The van der Waals surface area contributed by atoms with E-state index in [9.17, 15) is 0 Å². The van der Waals surface area contributed by atoms with Gasteiger partial charge >= 0.3 is 0 Å². The minimum absolute atomic E-state index is 1.14. The van der Waals surface area contributed by atoms with Gasteiger partial charge in [-0.25, -0.2) is 0 Å². The van der Waals surface area contributed by atoms with Crippen molar-refractivity contribution in [2.45, 2.75) is 46.2 Å². The topological polar surface area (TPSA) is 27.0 Å². The largest absolute Gasteiger partial charge is 0.428 e. The van der Waals surface area contributed by atoms with Crippen molar-refractivity contribution < 1.29 is 0 Å². The molecule has 0 atom stereocenters. The molecular formula is C10H22N2Si2. The van der Waals surface area contributed by atoms with E-state index in [0.29, 0.717) is 0 Å². The van der Waals surface area contributed by atoms with Crippen LogP contribution in [0, 0.1) is 11.3 Å². The van der Waals surface area contributed by atoms with Gasteiger partial charge in [-0.15, -0.1) is 0 Å². The van der Waals surface area contributed by atoms with Crippen molar-refractivity contribution in [2.24, 2.45) is 0 Å². The van der Waals surface area contributed by atoms with E-state index in [-0.39, 0.29) is 0 Å². The van der Waals surface area contributed by atoms with Crippen LogP contribution in [-0.4, -0.2) is 20.7 Å². The molecule has 0 aliphatic rings. The van der Waals surface area contributed by atoms with E-state index in [1.54, 1.807) is 6.08 Å². The molecule has 0 saturated heterocycles. The smallest absolute Gasteiger partial charge is 0.138 e. The first-order valence-corrected chi connectivity index (χ1v) is 11.9. The van der Waals surface area contributed by atoms with Crippen LogP contribution < -0.4 is 0 Å². The summed E-state index contributed by atoms with van der Waals surface area (Å²) in [6.07, 6.45) is 1.68. The fourth-order valence-electron chi connectivity index (χ4n) is 2.22. The average molecular weight is 226 g/mol. The van der Waals surface area contributed by atoms with Crippen LogP contribution in [0.3, 0.4) is 0 Å². The Balaban J connectivity index is 5.17. The first kappa shape index (κ1) is 13.5. The summed E-state index contributed by atoms with van der Waals surface area (Å²) in [5, 5.41) is 8.69. The Morgan fingerprint density at radius 2 is 1.43 bits per heavy atom. The zero-order valence-electron chi connectivity index (χ0n) is 10.5. The van der Waals surface area contributed by atoms with Crippen molar-refractivity contribution in [1.82, 2.24) is 4.23 Å². The number of nitrogens with zero attached hydrogens (tertiary/aromatic N) is 2. The molecule has 2 nitrogen and oxygen atoms in total. The molecule has 0 aromatic heterocycles. The highest BCUT2D eigenvalue weighted by molar-refractivity contribution is 6.90. The SMILES string of the molecule is C/C(=C/C#N)N([Si](C)(C)C)[Si](C)(C)C. The van der Waals surface area contributed by atoms with Crippen LogP contribution in [0.5, 0.6) is 0 Å². The zero-order valence-corrected chi connectivity index (χ0v) is 12.5. The van der Waals surface area contributed by atoms with Gasteiger partial charge in [0.2, 0.25) is 0 Å². The Morgan fingerprint density at radius 3 is 1.64 bits per heavy atom. The predicted octanol–water partition coefficient (Wildman–Crippen LogP) is 3.39. The predicted molar refractivity (Wildman–Crippen MR) is 67.9 cm³/mol. The second-order valence-corrected chi connectivity index (χ2v) is 15.6. The number of hydrogen-bond acceptors (Lipinski definition) is 2. The second-order valence-electron chi connectivity index (χ2n) is 5.59. The summed E-state index contributed by atoms with van der Waals surface area (Å²) in [5.74, 6) is 0. The molecule has 0 aromatic carbocycles. The van der Waals surface area contributed by atoms with Gasteiger partial charge in [0.25, 0.3) is 0 Å². The van der Waals surface area contributed by atoms with E-state index in [1.165, 1.54) is 0 Å². The quantitative estimate of drug-likeness (QED) is 0.545. The fraction of sp³-hybridized carbons (Fsp3) is 0.700. The Labute approximate surface area is 90.4 Å². The van der Waals surface area contributed by atoms with Gasteiger partial charge in [0.1, 0.15) is 16.5 Å². The summed E-state index contributed by atoms with van der Waals surface area (Å²) in [5.41, 5.74) is 1.14. The van der Waals surface area contributed by atoms with Crippen LogP contribution in [0.4, 0.5) is 0 Å². The highest BCUT2D eigenvalue weighted by Gasteiger charge is 2.34. The van der Waals surface area contributed by atoms with Crippen molar-refractivity contribution in [1.29, 1.82) is 5.26 Å². The molecule has 0 amide bonds. The average Bonchev–Trinajstić information content (AvgIpc) is 1.78. The minimum Gasteiger partial charge on any atom is -0.428 e. The Bertz CT molecular complexity index is 249. The lowest BCUT2D eigenvalue weighted by molar-refractivity contribution is 0.756. The minimum atomic E-state index is -1.35. The lowest BCUT2D eigenvalue weighted by Gasteiger charge is -2.46. The molecule has 0 saturated carbocycles. The van der Waals surface area contributed by atoms with E-state index in [1.807, 2.05) is 0 Å². The summed E-state index contributed by atoms with van der Waals surface area (Å²) >= 11 is 0. The van der Waals surface area contributed by atoms with Crippen molar-refractivity contribution in [2.75, 3.05) is 0 Å². The standard InChI is InChI=1S/C10H22N2Si2/c1-10(8-9-11)12(13(2,3)4)14(5,6)7/h8H,1-7H3/b10-8-. The van der Waals surface area contributed by atoms with Gasteiger partial charge in [-0.2, -0.15) is 5.26 Å². The molecule has 4 heteroatoms. The zero-order chi connectivity index (χ0) is 11.6. The summed E-state index contributed by atoms with van der Waals surface area (Å²) in [4.78, 5) is 0. The molecule has 0 aliphatic carbocycles. The van der Waals surface area contributed by atoms with E-state index in [2.05, 4.69) is 56.5 Å². The molecule has 0 heterocycles. The monoisotopic (exact) mass is 226 g/mol. The van der Waals surface area contributed by atoms with Gasteiger partial charge in [0, 0.05) is 11.8 Å². The molecule has 0 N–H and O–H groups in total. The maximum atomic E-state index is 8.69. The van der Waals surface area contributed by atoms with E-state index in [0.717, 1.165) is 5.70 Å². The Kier molecular flexibility index (Phi) is 4.16. The Hall–Kier alpha value is -0.536. The van der Waals surface area contributed by atoms with E-state index in [4.69, 9.17) is 5.26 Å². The second kappa shape index (κ2) is 4.32. The third kappa shape index (κ3) is 3.68. The van der Waals surface area contributed by atoms with Gasteiger partial charge in [0.05, 0.1) is 6.07 Å². The highest BCUT2D eigenvalue weighted by Crippen LogP contribution is 2.24. The van der Waals surface area contributed by atoms with Crippen LogP contribution in [0.15, 0.2) is 11.8 Å². The molecular weight excluding hydrogens is 204 g/mol. The number of allylic oxidation sites excluding steroid dienone is 2. The van der Waals surface area contributed by atoms with E-state index < -0.39 is 16.5 Å². The molecule has 80 valence electrons. The molecule has 0 spiro atoms. The molecule has 0 bridgehead atoms. The first-order chi connectivity index (χ1) is 6.10. The van der Waals surface area contributed by atoms with E-state index >= 15 is 0 Å². The number of hydrogen-bond donors (Lipinski definition) is 0. The molecule has 0 aromatic rings. The first-order valence-electron chi connectivity index (χ1n) is 4.97. The van der Waals surface area contributed by atoms with Gasteiger partial charge < -0.3 is 4.23 Å². The van der Waals surface area contributed by atoms with Crippen LogP contribution in [-0.2, 0) is 0 Å². The lowest BCUT2D eigenvalue weighted by atomic mass is 10.5. The maximum Gasteiger partial charge on any atom is 0.138 e. The van der Waals surface area contributed by atoms with Crippen molar-refractivity contribution in [3.05, 3.63) is 11.8 Å². The van der Waals surface area contributed by atoms with Crippen LogP contribution in [0.25, 0.3) is 0 Å². The van der Waals surface area contributed by atoms with Gasteiger partial charge in [-0.1, -0.05) is 39.3 Å². The van der Waals surface area contributed by atoms with Gasteiger partial charge in [-0.3, -0.25) is 0 Å². The summed E-state index contributed by atoms with van der Waals surface area (Å²) in [6.45, 7) is 16.1. The normalized spacial score (nSPS) is 13.7. The van der Waals surface area contributed by atoms with Crippen LogP contribution in [0.2, 0.25) is 39.3 Å². The fourth-order valence-corrected chi connectivity index (χ4v) is 12.5. The molecule has 0 aliphatic heterocycles. The van der Waals surface area contributed by atoms with Gasteiger partial charge in [0.15, 0.2) is 0 Å². The number of rotatable bonds is 3. The summed E-state index contributed by atoms with van der Waals surface area (Å²) < 4.78 is 2.54. The van der Waals surface area contributed by atoms with Crippen molar-refractivity contribution in [3.8, 4) is 6.07 Å². The van der Waals surface area contributed by atoms with Gasteiger partial charge in [-0.05, 0) is 6.92 Å². The van der Waals surface area contributed by atoms with Crippen molar-refractivity contribution in [3.63, 3.8) is 0 Å². The third-order valence-corrected chi connectivity index (χ3v) is 9.38. The maximum absolute atomic E-state index is 8.69. The molecule has 0 radical (unpaired) electrons. The summed E-state index contributed by atoms with van der Waals surface area (Å²) in [6, 6.07) is 2.13. The lowest BCUT2D eigenvalue weighted by Crippen LogP contribution is -2.57. The molecule has 14 heavy (non-hydrogen) atoms. The molecule has 0 rings (SSSR count). The third-order valence-electron chi connectivity index (χ3n) is 1.97. The van der Waals surface area contributed by atoms with Crippen molar-refractivity contribution >= 4 is 16.5 Å². The summed E-state index contributed by atoms with van der Waals surface area (Å²) in [7, 11) is -2.69. The highest BCUT2D eigenvalue weighted by atomic mass is 28.4. The Morgan fingerprint density at radius 1 is 1.07 bits per heavy atom. The molecule has 0 fully saturated rings. The van der Waals surface area contributed by atoms with Crippen LogP contribution in [0.1, 0.15) is 6.92 Å². The van der Waals surface area contributed by atoms with Crippen LogP contribution >= 0.6 is 0 Å². The molecule has 0 unspecified atom stereocenters.